The summed E-state index contributed by atoms with van der Waals surface area (Å²) < 4.78 is 27.9. The number of aromatic nitrogens is 5. The predicted molar refractivity (Wildman–Crippen MR) is 131 cm³/mol. The van der Waals surface area contributed by atoms with Gasteiger partial charge < -0.3 is 24.3 Å². The number of imidazole rings is 1. The van der Waals surface area contributed by atoms with Gasteiger partial charge in [0.25, 0.3) is 0 Å². The van der Waals surface area contributed by atoms with Crippen molar-refractivity contribution < 1.29 is 13.9 Å². The summed E-state index contributed by atoms with van der Waals surface area (Å²) in [4.78, 5) is 20.7. The highest BCUT2D eigenvalue weighted by Gasteiger charge is 2.27. The Morgan fingerprint density at radius 3 is 2.71 bits per heavy atom. The van der Waals surface area contributed by atoms with E-state index in [2.05, 4.69) is 20.1 Å². The lowest BCUT2D eigenvalue weighted by Crippen LogP contribution is -2.29. The Labute approximate surface area is 201 Å². The van der Waals surface area contributed by atoms with Gasteiger partial charge in [0.05, 0.1) is 38.7 Å². The average Bonchev–Trinajstić information content (AvgIpc) is 3.55. The third-order valence-corrected chi connectivity index (χ3v) is 5.89. The highest BCUT2D eigenvalue weighted by molar-refractivity contribution is 5.84. The number of H-pyrrole nitrogens is 1. The Hall–Kier alpha value is -4.41. The molecule has 0 bridgehead atoms. The van der Waals surface area contributed by atoms with Crippen LogP contribution in [-0.2, 0) is 13.6 Å². The maximum atomic E-state index is 15.5. The number of hydrogen-bond acceptors (Lipinski definition) is 8. The van der Waals surface area contributed by atoms with Crippen LogP contribution >= 0.6 is 0 Å². The number of aromatic amines is 1. The number of aliphatic imine (C=N–C) groups is 1. The van der Waals surface area contributed by atoms with Crippen LogP contribution in [0.5, 0.6) is 11.5 Å². The van der Waals surface area contributed by atoms with E-state index in [1.54, 1.807) is 28.0 Å². The molecule has 1 N–H and O–H groups in total. The molecule has 0 saturated heterocycles. The van der Waals surface area contributed by atoms with Crippen molar-refractivity contribution in [2.75, 3.05) is 31.1 Å². The minimum Gasteiger partial charge on any atom is -0.497 e. The maximum Gasteiger partial charge on any atom is 0.188 e. The Kier molecular flexibility index (Phi) is 5.81. The lowest BCUT2D eigenvalue weighted by Gasteiger charge is -2.31. The number of fused-ring (bicyclic) bond motifs is 1. The van der Waals surface area contributed by atoms with E-state index in [0.717, 1.165) is 11.3 Å². The first-order valence-electron chi connectivity index (χ1n) is 10.9. The summed E-state index contributed by atoms with van der Waals surface area (Å²) in [6.45, 7) is 0.241. The van der Waals surface area contributed by atoms with E-state index < -0.39 is 5.82 Å². The average molecular weight is 477 g/mol. The molecule has 1 aliphatic heterocycles. The molecule has 0 spiro atoms. The molecule has 3 aromatic heterocycles. The number of benzene rings is 1. The van der Waals surface area contributed by atoms with Crippen LogP contribution in [0.2, 0.25) is 0 Å². The number of halogens is 1. The van der Waals surface area contributed by atoms with E-state index in [0.29, 0.717) is 23.2 Å². The van der Waals surface area contributed by atoms with Gasteiger partial charge in [0.15, 0.2) is 17.4 Å². The molecular weight excluding hydrogens is 451 g/mol. The SMILES string of the molecule is COc1cc(OC)c(F)c(N(Cc2ncc[nH]2)c2ccc3c(n2)N(C)C(c2cnn(C)c2)C=N3)c1. The first-order valence-corrected chi connectivity index (χ1v) is 10.9. The first kappa shape index (κ1) is 22.4. The molecule has 0 radical (unpaired) electrons. The Bertz CT molecular complexity index is 1370. The first-order chi connectivity index (χ1) is 17.0. The predicted octanol–water partition coefficient (Wildman–Crippen LogP) is 3.93. The molecule has 180 valence electrons. The largest absolute Gasteiger partial charge is 0.497 e. The second-order valence-corrected chi connectivity index (χ2v) is 8.08. The monoisotopic (exact) mass is 476 g/mol. The molecule has 0 saturated carbocycles. The van der Waals surface area contributed by atoms with Crippen molar-refractivity contribution in [3.63, 3.8) is 0 Å². The van der Waals surface area contributed by atoms with Crippen LogP contribution in [-0.4, -0.2) is 52.2 Å². The van der Waals surface area contributed by atoms with E-state index in [-0.39, 0.29) is 24.0 Å². The fourth-order valence-corrected chi connectivity index (χ4v) is 4.07. The van der Waals surface area contributed by atoms with Gasteiger partial charge in [-0.3, -0.25) is 9.67 Å². The highest BCUT2D eigenvalue weighted by Crippen LogP contribution is 2.41. The summed E-state index contributed by atoms with van der Waals surface area (Å²) in [7, 11) is 6.76. The third kappa shape index (κ3) is 4.16. The van der Waals surface area contributed by atoms with Crippen molar-refractivity contribution in [2.24, 2.45) is 12.0 Å². The summed E-state index contributed by atoms with van der Waals surface area (Å²) in [6.07, 6.45) is 8.99. The molecule has 4 aromatic rings. The number of methoxy groups -OCH3 is 2. The van der Waals surface area contributed by atoms with Gasteiger partial charge in [0, 0.05) is 56.6 Å². The lowest BCUT2D eigenvalue weighted by molar-refractivity contribution is 0.374. The van der Waals surface area contributed by atoms with E-state index >= 15 is 4.39 Å². The standard InChI is InChI=1S/C24H25FN8O2/c1-31-13-15(11-29-31)19-12-28-17-5-6-22(30-24(17)32(19)2)33(14-21-26-7-8-27-21)18-9-16(34-3)10-20(35-4)23(18)25/h5-13,19H,14H2,1-4H3,(H,26,27). The summed E-state index contributed by atoms with van der Waals surface area (Å²) in [6, 6.07) is 6.66. The van der Waals surface area contributed by atoms with Crippen LogP contribution in [0.3, 0.4) is 0 Å². The van der Waals surface area contributed by atoms with Crippen molar-refractivity contribution in [2.45, 2.75) is 12.6 Å². The minimum atomic E-state index is -0.529. The van der Waals surface area contributed by atoms with E-state index in [4.69, 9.17) is 14.5 Å². The number of aryl methyl sites for hydroxylation is 1. The van der Waals surface area contributed by atoms with Gasteiger partial charge in [-0.15, -0.1) is 0 Å². The maximum absolute atomic E-state index is 15.5. The highest BCUT2D eigenvalue weighted by atomic mass is 19.1. The Morgan fingerprint density at radius 1 is 1.17 bits per heavy atom. The van der Waals surface area contributed by atoms with Gasteiger partial charge in [0.2, 0.25) is 0 Å². The van der Waals surface area contributed by atoms with Gasteiger partial charge in [-0.05, 0) is 12.1 Å². The van der Waals surface area contributed by atoms with Crippen molar-refractivity contribution >= 4 is 29.2 Å². The van der Waals surface area contributed by atoms with Gasteiger partial charge in [-0.1, -0.05) is 0 Å². The zero-order valence-electron chi connectivity index (χ0n) is 19.8. The zero-order valence-corrected chi connectivity index (χ0v) is 19.8. The zero-order chi connectivity index (χ0) is 24.5. The summed E-state index contributed by atoms with van der Waals surface area (Å²) in [5, 5.41) is 4.28. The molecule has 0 amide bonds. The number of anilines is 3. The minimum absolute atomic E-state index is 0.0696. The number of hydrogen-bond donors (Lipinski definition) is 1. The molecule has 0 fully saturated rings. The molecule has 1 aromatic carbocycles. The van der Waals surface area contributed by atoms with Gasteiger partial charge in [-0.25, -0.2) is 14.4 Å². The Balaban J connectivity index is 1.60. The van der Waals surface area contributed by atoms with Crippen LogP contribution in [0.25, 0.3) is 0 Å². The van der Waals surface area contributed by atoms with Crippen LogP contribution < -0.4 is 19.3 Å². The van der Waals surface area contributed by atoms with Crippen molar-refractivity contribution in [3.05, 3.63) is 66.3 Å². The van der Waals surface area contributed by atoms with Crippen LogP contribution in [0, 0.1) is 5.82 Å². The molecular formula is C24H25FN8O2. The van der Waals surface area contributed by atoms with Crippen molar-refractivity contribution in [3.8, 4) is 11.5 Å². The topological polar surface area (TPSA) is 96.7 Å². The summed E-state index contributed by atoms with van der Waals surface area (Å²) in [5.74, 6) is 1.82. The number of nitrogens with one attached hydrogen (secondary N) is 1. The van der Waals surface area contributed by atoms with Crippen LogP contribution in [0.15, 0.2) is 54.0 Å². The smallest absolute Gasteiger partial charge is 0.188 e. The van der Waals surface area contributed by atoms with E-state index in [1.807, 2.05) is 49.7 Å². The number of ether oxygens (including phenoxy) is 2. The molecule has 11 heteroatoms. The molecule has 5 rings (SSSR count). The summed E-state index contributed by atoms with van der Waals surface area (Å²) >= 11 is 0. The third-order valence-electron chi connectivity index (χ3n) is 5.89. The quantitative estimate of drug-likeness (QED) is 0.432. The number of rotatable bonds is 7. The lowest BCUT2D eigenvalue weighted by atomic mass is 10.1. The molecule has 1 aliphatic rings. The van der Waals surface area contributed by atoms with Crippen LogP contribution in [0.4, 0.5) is 27.4 Å². The van der Waals surface area contributed by atoms with Crippen LogP contribution in [0.1, 0.15) is 17.4 Å². The molecule has 1 unspecified atom stereocenters. The van der Waals surface area contributed by atoms with Gasteiger partial charge >= 0.3 is 0 Å². The molecule has 10 nitrogen and oxygen atoms in total. The number of pyridine rings is 1. The Morgan fingerprint density at radius 2 is 2.03 bits per heavy atom. The fraction of sp³-hybridized carbons (Fsp3) is 0.250. The second kappa shape index (κ2) is 9.09. The second-order valence-electron chi connectivity index (χ2n) is 8.08. The summed E-state index contributed by atoms with van der Waals surface area (Å²) in [5.41, 5.74) is 1.96. The molecule has 1 atom stereocenters. The fourth-order valence-electron chi connectivity index (χ4n) is 4.07. The van der Waals surface area contributed by atoms with E-state index in [1.165, 1.54) is 20.3 Å². The van der Waals surface area contributed by atoms with Gasteiger partial charge in [-0.2, -0.15) is 5.10 Å². The van der Waals surface area contributed by atoms with Gasteiger partial charge in [0.1, 0.15) is 23.1 Å². The van der Waals surface area contributed by atoms with E-state index in [9.17, 15) is 0 Å². The van der Waals surface area contributed by atoms with Crippen molar-refractivity contribution in [1.82, 2.24) is 24.7 Å². The van der Waals surface area contributed by atoms with Crippen molar-refractivity contribution in [1.29, 1.82) is 0 Å². The normalized spacial score (nSPS) is 14.7. The molecule has 35 heavy (non-hydrogen) atoms. The molecule has 4 heterocycles. The number of nitrogens with zero attached hydrogens (tertiary/aromatic N) is 7. The molecule has 0 aliphatic carbocycles.